The predicted molar refractivity (Wildman–Crippen MR) is 98.9 cm³/mol. The average molecular weight is 335 g/mol. The van der Waals surface area contributed by atoms with Gasteiger partial charge in [0.15, 0.2) is 6.61 Å². The molecule has 128 valence electrons. The van der Waals surface area contributed by atoms with Crippen molar-refractivity contribution in [2.45, 2.75) is 26.7 Å². The fourth-order valence-electron chi connectivity index (χ4n) is 2.76. The predicted octanol–water partition coefficient (Wildman–Crippen LogP) is 4.08. The van der Waals surface area contributed by atoms with Crippen LogP contribution in [0.5, 0.6) is 5.88 Å². The highest BCUT2D eigenvalue weighted by molar-refractivity contribution is 5.94. The summed E-state index contributed by atoms with van der Waals surface area (Å²) >= 11 is 0. The van der Waals surface area contributed by atoms with Crippen molar-refractivity contribution in [2.75, 3.05) is 11.9 Å². The molecule has 0 bridgehead atoms. The number of rotatable bonds is 5. The molecule has 0 fully saturated rings. The molecule has 5 heteroatoms. The summed E-state index contributed by atoms with van der Waals surface area (Å²) in [5, 5.41) is 12.6. The molecule has 2 aromatic carbocycles. The summed E-state index contributed by atoms with van der Waals surface area (Å²) in [6.45, 7) is 6.08. The highest BCUT2D eigenvalue weighted by Crippen LogP contribution is 2.27. The highest BCUT2D eigenvalue weighted by atomic mass is 16.5. The fourth-order valence-corrected chi connectivity index (χ4v) is 2.76. The zero-order chi connectivity index (χ0) is 17.8. The van der Waals surface area contributed by atoms with Crippen molar-refractivity contribution in [1.82, 2.24) is 10.2 Å². The lowest BCUT2D eigenvalue weighted by atomic mass is 9.98. The van der Waals surface area contributed by atoms with E-state index in [0.29, 0.717) is 11.8 Å². The quantitative estimate of drug-likeness (QED) is 0.763. The Balaban J connectivity index is 1.74. The molecule has 0 saturated heterocycles. The van der Waals surface area contributed by atoms with Crippen molar-refractivity contribution in [2.24, 2.45) is 0 Å². The molecule has 1 heterocycles. The first-order valence-corrected chi connectivity index (χ1v) is 8.29. The van der Waals surface area contributed by atoms with E-state index in [4.69, 9.17) is 4.74 Å². The minimum absolute atomic E-state index is 0.117. The third-order valence-corrected chi connectivity index (χ3v) is 4.07. The Morgan fingerprint density at radius 1 is 1.16 bits per heavy atom. The van der Waals surface area contributed by atoms with Gasteiger partial charge in [-0.1, -0.05) is 50.2 Å². The number of aryl methyl sites for hydroxylation is 1. The maximum absolute atomic E-state index is 12.4. The number of fused-ring (bicyclic) bond motifs is 1. The van der Waals surface area contributed by atoms with E-state index in [9.17, 15) is 4.79 Å². The molecule has 1 N–H and O–H groups in total. The van der Waals surface area contributed by atoms with Crippen LogP contribution in [-0.4, -0.2) is 22.7 Å². The van der Waals surface area contributed by atoms with E-state index in [2.05, 4.69) is 29.4 Å². The van der Waals surface area contributed by atoms with Gasteiger partial charge in [0.05, 0.1) is 6.20 Å². The second-order valence-corrected chi connectivity index (χ2v) is 6.27. The summed E-state index contributed by atoms with van der Waals surface area (Å²) < 4.78 is 5.61. The first-order valence-electron chi connectivity index (χ1n) is 8.29. The van der Waals surface area contributed by atoms with Gasteiger partial charge in [-0.25, -0.2) is 0 Å². The summed E-state index contributed by atoms with van der Waals surface area (Å²) in [6, 6.07) is 13.7. The van der Waals surface area contributed by atoms with E-state index in [-0.39, 0.29) is 12.5 Å². The van der Waals surface area contributed by atoms with Gasteiger partial charge in [-0.05, 0) is 30.0 Å². The molecule has 0 radical (unpaired) electrons. The van der Waals surface area contributed by atoms with Crippen LogP contribution in [0.2, 0.25) is 0 Å². The van der Waals surface area contributed by atoms with Gasteiger partial charge in [0.2, 0.25) is 5.88 Å². The molecular formula is C20H21N3O2. The monoisotopic (exact) mass is 335 g/mol. The van der Waals surface area contributed by atoms with Gasteiger partial charge in [-0.2, -0.15) is 5.10 Å². The number of hydrogen-bond acceptors (Lipinski definition) is 4. The standard InChI is InChI=1S/C20H21N3O2/c1-13(2)16-10-6-7-14(3)19(16)22-18(24)12-25-20-17-9-5-4-8-15(17)11-21-23-20/h4-11,13H,12H2,1-3H3,(H,22,24). The number of nitrogens with zero attached hydrogens (tertiary/aromatic N) is 2. The Hall–Kier alpha value is -2.95. The number of anilines is 1. The van der Waals surface area contributed by atoms with Gasteiger partial charge in [0.1, 0.15) is 0 Å². The van der Waals surface area contributed by atoms with Gasteiger partial charge >= 0.3 is 0 Å². The van der Waals surface area contributed by atoms with E-state index in [1.54, 1.807) is 6.20 Å². The number of amides is 1. The van der Waals surface area contributed by atoms with Crippen LogP contribution in [0.15, 0.2) is 48.7 Å². The molecule has 1 amide bonds. The maximum Gasteiger partial charge on any atom is 0.262 e. The number of nitrogens with one attached hydrogen (secondary N) is 1. The largest absolute Gasteiger partial charge is 0.466 e. The van der Waals surface area contributed by atoms with Crippen molar-refractivity contribution < 1.29 is 9.53 Å². The molecule has 0 aliphatic heterocycles. The summed E-state index contributed by atoms with van der Waals surface area (Å²) in [7, 11) is 0. The number of benzene rings is 2. The Morgan fingerprint density at radius 2 is 1.96 bits per heavy atom. The minimum Gasteiger partial charge on any atom is -0.466 e. The highest BCUT2D eigenvalue weighted by Gasteiger charge is 2.13. The lowest BCUT2D eigenvalue weighted by Gasteiger charge is -2.16. The average Bonchev–Trinajstić information content (AvgIpc) is 2.61. The van der Waals surface area contributed by atoms with E-state index < -0.39 is 0 Å². The zero-order valence-corrected chi connectivity index (χ0v) is 14.6. The molecule has 3 rings (SSSR count). The summed E-state index contributed by atoms with van der Waals surface area (Å²) in [5.41, 5.74) is 3.00. The molecular weight excluding hydrogens is 314 g/mol. The molecule has 5 nitrogen and oxygen atoms in total. The van der Waals surface area contributed by atoms with E-state index >= 15 is 0 Å². The fraction of sp³-hybridized carbons (Fsp3) is 0.250. The summed E-state index contributed by atoms with van der Waals surface area (Å²) in [5.74, 6) is 0.466. The third-order valence-electron chi connectivity index (χ3n) is 4.07. The lowest BCUT2D eigenvalue weighted by molar-refractivity contribution is -0.118. The number of ether oxygens (including phenoxy) is 1. The molecule has 0 unspecified atom stereocenters. The van der Waals surface area contributed by atoms with Crippen LogP contribution in [0.25, 0.3) is 10.8 Å². The molecule has 0 aliphatic rings. The first kappa shape index (κ1) is 16.9. The molecule has 3 aromatic rings. The molecule has 0 saturated carbocycles. The number of carbonyl (C=O) groups is 1. The van der Waals surface area contributed by atoms with Gasteiger partial charge in [0.25, 0.3) is 5.91 Å². The van der Waals surface area contributed by atoms with Crippen molar-refractivity contribution in [3.05, 3.63) is 59.8 Å². The Morgan fingerprint density at radius 3 is 2.76 bits per heavy atom. The summed E-state index contributed by atoms with van der Waals surface area (Å²) in [4.78, 5) is 12.4. The Labute approximate surface area is 147 Å². The molecule has 0 aliphatic carbocycles. The van der Waals surface area contributed by atoms with Crippen molar-refractivity contribution in [3.8, 4) is 5.88 Å². The maximum atomic E-state index is 12.4. The second-order valence-electron chi connectivity index (χ2n) is 6.27. The lowest BCUT2D eigenvalue weighted by Crippen LogP contribution is -2.22. The van der Waals surface area contributed by atoms with Crippen molar-refractivity contribution in [1.29, 1.82) is 0 Å². The van der Waals surface area contributed by atoms with Gasteiger partial charge < -0.3 is 10.1 Å². The van der Waals surface area contributed by atoms with E-state index in [1.165, 1.54) is 0 Å². The van der Waals surface area contributed by atoms with Crippen LogP contribution >= 0.6 is 0 Å². The van der Waals surface area contributed by atoms with Crippen LogP contribution in [0.1, 0.15) is 30.9 Å². The Kier molecular flexibility index (Phi) is 4.93. The van der Waals surface area contributed by atoms with Crippen LogP contribution in [-0.2, 0) is 4.79 Å². The molecule has 0 atom stereocenters. The van der Waals surface area contributed by atoms with Gasteiger partial charge in [0, 0.05) is 16.5 Å². The smallest absolute Gasteiger partial charge is 0.262 e. The van der Waals surface area contributed by atoms with Gasteiger partial charge in [-0.3, -0.25) is 4.79 Å². The van der Waals surface area contributed by atoms with Crippen LogP contribution in [0.3, 0.4) is 0 Å². The number of aromatic nitrogens is 2. The Bertz CT molecular complexity index is 901. The normalized spacial score (nSPS) is 10.9. The second kappa shape index (κ2) is 7.30. The number of para-hydroxylation sites is 1. The van der Waals surface area contributed by atoms with Crippen LogP contribution < -0.4 is 10.1 Å². The van der Waals surface area contributed by atoms with Crippen LogP contribution in [0.4, 0.5) is 5.69 Å². The number of carbonyl (C=O) groups excluding carboxylic acids is 1. The minimum atomic E-state index is -0.217. The third kappa shape index (κ3) is 3.76. The van der Waals surface area contributed by atoms with Gasteiger partial charge in [-0.15, -0.1) is 5.10 Å². The zero-order valence-electron chi connectivity index (χ0n) is 14.6. The topological polar surface area (TPSA) is 64.1 Å². The molecule has 0 spiro atoms. The summed E-state index contributed by atoms with van der Waals surface area (Å²) in [6.07, 6.45) is 1.67. The van der Waals surface area contributed by atoms with Crippen molar-refractivity contribution >= 4 is 22.4 Å². The van der Waals surface area contributed by atoms with E-state index in [1.807, 2.05) is 49.4 Å². The SMILES string of the molecule is Cc1cccc(C(C)C)c1NC(=O)COc1nncc2ccccc12. The van der Waals surface area contributed by atoms with Crippen molar-refractivity contribution in [3.63, 3.8) is 0 Å². The number of hydrogen-bond donors (Lipinski definition) is 1. The van der Waals surface area contributed by atoms with Crippen LogP contribution in [0, 0.1) is 6.92 Å². The molecule has 1 aromatic heterocycles. The van der Waals surface area contributed by atoms with E-state index in [0.717, 1.165) is 27.6 Å². The first-order chi connectivity index (χ1) is 12.1. The molecule has 25 heavy (non-hydrogen) atoms.